The van der Waals surface area contributed by atoms with E-state index in [1.807, 2.05) is 19.1 Å². The molecule has 0 radical (unpaired) electrons. The van der Waals surface area contributed by atoms with Gasteiger partial charge in [-0.2, -0.15) is 0 Å². The summed E-state index contributed by atoms with van der Waals surface area (Å²) in [6.45, 7) is 4.10. The first kappa shape index (κ1) is 15.9. The maximum atomic E-state index is 12.5. The molecule has 0 bridgehead atoms. The van der Waals surface area contributed by atoms with Gasteiger partial charge in [0.05, 0.1) is 11.7 Å². The smallest absolute Gasteiger partial charge is 0.251 e. The number of aromatic nitrogens is 4. The van der Waals surface area contributed by atoms with Gasteiger partial charge in [0, 0.05) is 5.56 Å². The van der Waals surface area contributed by atoms with Gasteiger partial charge in [0.1, 0.15) is 6.33 Å². The van der Waals surface area contributed by atoms with Crippen LogP contribution in [0.4, 0.5) is 0 Å². The largest absolute Gasteiger partial charge is 0.346 e. The van der Waals surface area contributed by atoms with Crippen molar-refractivity contribution in [1.82, 2.24) is 25.5 Å². The van der Waals surface area contributed by atoms with Crippen LogP contribution in [-0.4, -0.2) is 26.1 Å². The van der Waals surface area contributed by atoms with Gasteiger partial charge >= 0.3 is 0 Å². The van der Waals surface area contributed by atoms with Gasteiger partial charge in [-0.15, -0.1) is 5.10 Å². The van der Waals surface area contributed by atoms with Gasteiger partial charge in [0.15, 0.2) is 0 Å². The highest BCUT2D eigenvalue weighted by atomic mass is 16.1. The fraction of sp³-hybridized carbons (Fsp3) is 0.222. The Morgan fingerprint density at radius 1 is 1.21 bits per heavy atom. The average Bonchev–Trinajstić information content (AvgIpc) is 3.16. The Bertz CT molecular complexity index is 812. The van der Waals surface area contributed by atoms with Gasteiger partial charge in [-0.3, -0.25) is 4.79 Å². The molecular formula is C18H19N5O. The summed E-state index contributed by atoms with van der Waals surface area (Å²) >= 11 is 0. The summed E-state index contributed by atoms with van der Waals surface area (Å²) in [5, 5.41) is 14.1. The van der Waals surface area contributed by atoms with Crippen molar-refractivity contribution >= 4 is 5.91 Å². The van der Waals surface area contributed by atoms with Crippen LogP contribution in [0, 0.1) is 0 Å². The standard InChI is InChI=1S/C18H19N5O/c1-3-14-7-9-15(10-8-14)13(2)20-18(24)16-5-4-6-17(11-16)23-12-19-21-22-23/h4-13H,3H2,1-2H3,(H,20,24). The highest BCUT2D eigenvalue weighted by Gasteiger charge is 2.12. The zero-order valence-corrected chi connectivity index (χ0v) is 13.7. The molecule has 0 saturated heterocycles. The molecular weight excluding hydrogens is 302 g/mol. The van der Waals surface area contributed by atoms with E-state index >= 15 is 0 Å². The molecule has 0 aliphatic heterocycles. The molecule has 6 heteroatoms. The van der Waals surface area contributed by atoms with Gasteiger partial charge in [-0.05, 0) is 53.1 Å². The maximum absolute atomic E-state index is 12.5. The Hall–Kier alpha value is -3.02. The van der Waals surface area contributed by atoms with Crippen LogP contribution in [0.15, 0.2) is 54.9 Å². The van der Waals surface area contributed by atoms with Crippen LogP contribution in [-0.2, 0) is 6.42 Å². The molecule has 0 aliphatic carbocycles. The summed E-state index contributed by atoms with van der Waals surface area (Å²) < 4.78 is 1.52. The first-order valence-electron chi connectivity index (χ1n) is 7.90. The number of rotatable bonds is 5. The molecule has 3 rings (SSSR count). The lowest BCUT2D eigenvalue weighted by Gasteiger charge is -2.15. The molecule has 0 spiro atoms. The third-order valence-electron chi connectivity index (χ3n) is 3.96. The van der Waals surface area contributed by atoms with Crippen molar-refractivity contribution < 1.29 is 4.79 Å². The van der Waals surface area contributed by atoms with E-state index < -0.39 is 0 Å². The predicted molar refractivity (Wildman–Crippen MR) is 90.9 cm³/mol. The number of hydrogen-bond acceptors (Lipinski definition) is 4. The van der Waals surface area contributed by atoms with E-state index in [1.54, 1.807) is 12.1 Å². The van der Waals surface area contributed by atoms with E-state index in [9.17, 15) is 4.79 Å². The summed E-state index contributed by atoms with van der Waals surface area (Å²) in [6.07, 6.45) is 2.50. The second-order valence-electron chi connectivity index (χ2n) is 5.60. The lowest BCUT2D eigenvalue weighted by atomic mass is 10.0. The molecule has 24 heavy (non-hydrogen) atoms. The van der Waals surface area contributed by atoms with Crippen LogP contribution in [0.25, 0.3) is 5.69 Å². The average molecular weight is 321 g/mol. The molecule has 1 atom stereocenters. The van der Waals surface area contributed by atoms with Gasteiger partial charge in [0.25, 0.3) is 5.91 Å². The molecule has 0 aliphatic rings. The van der Waals surface area contributed by atoms with E-state index in [0.29, 0.717) is 5.56 Å². The first-order chi connectivity index (χ1) is 11.7. The molecule has 122 valence electrons. The molecule has 6 nitrogen and oxygen atoms in total. The van der Waals surface area contributed by atoms with Crippen LogP contribution in [0.3, 0.4) is 0 Å². The molecule has 2 aromatic carbocycles. The minimum Gasteiger partial charge on any atom is -0.346 e. The highest BCUT2D eigenvalue weighted by molar-refractivity contribution is 5.95. The number of carbonyl (C=O) groups excluding carboxylic acids is 1. The summed E-state index contributed by atoms with van der Waals surface area (Å²) in [5.74, 6) is -0.128. The van der Waals surface area contributed by atoms with Crippen molar-refractivity contribution in [1.29, 1.82) is 0 Å². The van der Waals surface area contributed by atoms with Crippen molar-refractivity contribution in [2.24, 2.45) is 0 Å². The first-order valence-corrected chi connectivity index (χ1v) is 7.90. The number of nitrogens with zero attached hydrogens (tertiary/aromatic N) is 4. The number of amides is 1. The van der Waals surface area contributed by atoms with Crippen LogP contribution in [0.1, 0.15) is 41.4 Å². The van der Waals surface area contributed by atoms with E-state index in [2.05, 4.69) is 52.0 Å². The normalized spacial score (nSPS) is 11.9. The van der Waals surface area contributed by atoms with Crippen LogP contribution in [0.2, 0.25) is 0 Å². The highest BCUT2D eigenvalue weighted by Crippen LogP contribution is 2.15. The zero-order valence-electron chi connectivity index (χ0n) is 13.7. The molecule has 1 unspecified atom stereocenters. The number of nitrogens with one attached hydrogen (secondary N) is 1. The Morgan fingerprint density at radius 2 is 2.00 bits per heavy atom. The van der Waals surface area contributed by atoms with Gasteiger partial charge < -0.3 is 5.32 Å². The van der Waals surface area contributed by atoms with E-state index in [0.717, 1.165) is 17.7 Å². The molecule has 0 saturated carbocycles. The van der Waals surface area contributed by atoms with Crippen molar-refractivity contribution in [2.75, 3.05) is 0 Å². The Morgan fingerprint density at radius 3 is 2.67 bits per heavy atom. The summed E-state index contributed by atoms with van der Waals surface area (Å²) in [4.78, 5) is 12.5. The van der Waals surface area contributed by atoms with Crippen molar-refractivity contribution in [3.8, 4) is 5.69 Å². The molecule has 1 heterocycles. The summed E-state index contributed by atoms with van der Waals surface area (Å²) in [6, 6.07) is 15.4. The SMILES string of the molecule is CCc1ccc(C(C)NC(=O)c2cccc(-n3cnnn3)c2)cc1. The predicted octanol–water partition coefficient (Wildman–Crippen LogP) is 2.72. The number of carbonyl (C=O) groups is 1. The van der Waals surface area contributed by atoms with Crippen molar-refractivity contribution in [3.05, 3.63) is 71.5 Å². The molecule has 1 N–H and O–H groups in total. The van der Waals surface area contributed by atoms with E-state index in [1.165, 1.54) is 16.6 Å². The quantitative estimate of drug-likeness (QED) is 0.784. The zero-order chi connectivity index (χ0) is 16.9. The minimum absolute atomic E-state index is 0.0694. The Labute approximate surface area is 140 Å². The van der Waals surface area contributed by atoms with Crippen molar-refractivity contribution in [2.45, 2.75) is 26.3 Å². The lowest BCUT2D eigenvalue weighted by Crippen LogP contribution is -2.26. The molecule has 0 fully saturated rings. The summed E-state index contributed by atoms with van der Waals surface area (Å²) in [7, 11) is 0. The molecule has 1 amide bonds. The van der Waals surface area contributed by atoms with Crippen LogP contribution in [0.5, 0.6) is 0 Å². The van der Waals surface area contributed by atoms with E-state index in [-0.39, 0.29) is 11.9 Å². The topological polar surface area (TPSA) is 72.7 Å². The number of hydrogen-bond donors (Lipinski definition) is 1. The Balaban J connectivity index is 1.73. The fourth-order valence-electron chi connectivity index (χ4n) is 2.47. The second kappa shape index (κ2) is 7.04. The third kappa shape index (κ3) is 3.48. The van der Waals surface area contributed by atoms with Gasteiger partial charge in [0.2, 0.25) is 0 Å². The lowest BCUT2D eigenvalue weighted by molar-refractivity contribution is 0.0940. The fourth-order valence-corrected chi connectivity index (χ4v) is 2.47. The number of aryl methyl sites for hydroxylation is 1. The van der Waals surface area contributed by atoms with E-state index in [4.69, 9.17) is 0 Å². The molecule has 1 aromatic heterocycles. The van der Waals surface area contributed by atoms with Crippen molar-refractivity contribution in [3.63, 3.8) is 0 Å². The van der Waals surface area contributed by atoms with Gasteiger partial charge in [-0.1, -0.05) is 37.3 Å². The van der Waals surface area contributed by atoms with Gasteiger partial charge in [-0.25, -0.2) is 4.68 Å². The third-order valence-corrected chi connectivity index (χ3v) is 3.96. The monoisotopic (exact) mass is 321 g/mol. The number of benzene rings is 2. The number of tetrazole rings is 1. The minimum atomic E-state index is -0.128. The second-order valence-corrected chi connectivity index (χ2v) is 5.60. The Kier molecular flexibility index (Phi) is 4.65. The van der Waals surface area contributed by atoms with Crippen LogP contribution < -0.4 is 5.32 Å². The summed E-state index contributed by atoms with van der Waals surface area (Å²) in [5.41, 5.74) is 3.68. The van der Waals surface area contributed by atoms with Crippen LogP contribution >= 0.6 is 0 Å². The molecule has 3 aromatic rings. The maximum Gasteiger partial charge on any atom is 0.251 e.